The minimum absolute atomic E-state index is 0.0308. The summed E-state index contributed by atoms with van der Waals surface area (Å²) in [5.41, 5.74) is 10.6. The topological polar surface area (TPSA) is 286 Å². The smallest absolute Gasteiger partial charge is 0.296 e. The SMILES string of the molecule is Cc1nc(Cl)nc(NNC(=O)CCCCCCCN(C)c2ccc(NNc3ccc(N=c4cc(S(=O)(=O)O)c(=N)c5c(=O)c6ccccc6c(=O)c4=5)c(S(=O)(=O)O)c3)cc2)n1. The number of hydrogen-bond acceptors (Lipinski definition) is 16. The largest absolute Gasteiger partial charge is 0.375 e. The molecule has 3 aromatic carbocycles. The van der Waals surface area contributed by atoms with Crippen molar-refractivity contribution in [3.05, 3.63) is 126 Å². The van der Waals surface area contributed by atoms with Gasteiger partial charge in [0, 0.05) is 36.5 Å². The van der Waals surface area contributed by atoms with Gasteiger partial charge in [-0.1, -0.05) is 43.5 Å². The van der Waals surface area contributed by atoms with Gasteiger partial charge in [-0.05, 0) is 79.9 Å². The molecule has 6 rings (SSSR count). The van der Waals surface area contributed by atoms with Crippen molar-refractivity contribution in [1.29, 1.82) is 5.41 Å². The van der Waals surface area contributed by atoms with E-state index in [2.05, 4.69) is 46.5 Å². The first-order valence-electron chi connectivity index (χ1n) is 18.6. The second-order valence-corrected chi connectivity index (χ2v) is 17.0. The molecule has 0 aliphatic heterocycles. The fraction of sp³-hybridized carbons (Fsp3) is 0.231. The number of carbonyl (C=O) groups excluding carboxylic acids is 1. The van der Waals surface area contributed by atoms with E-state index in [1.165, 1.54) is 36.4 Å². The molecule has 2 aliphatic carbocycles. The van der Waals surface area contributed by atoms with Crippen LogP contribution in [0.4, 0.5) is 28.7 Å². The lowest BCUT2D eigenvalue weighted by atomic mass is 10.0. The summed E-state index contributed by atoms with van der Waals surface area (Å²) in [6.45, 7) is 2.46. The molecule has 7 N–H and O–H groups in total. The maximum absolute atomic E-state index is 13.6. The van der Waals surface area contributed by atoms with Crippen molar-refractivity contribution in [1.82, 2.24) is 20.4 Å². The normalized spacial score (nSPS) is 12.1. The fourth-order valence-corrected chi connectivity index (χ4v) is 7.97. The van der Waals surface area contributed by atoms with E-state index < -0.39 is 67.7 Å². The number of fused-ring (bicyclic) bond motifs is 1. The number of nitrogens with one attached hydrogen (secondary N) is 5. The number of aryl methyl sites for hydroxylation is 1. The number of halogens is 1. The van der Waals surface area contributed by atoms with Gasteiger partial charge in [0.15, 0.2) is 10.9 Å². The van der Waals surface area contributed by atoms with Crippen LogP contribution < -0.4 is 48.2 Å². The third kappa shape index (κ3) is 10.7. The molecule has 0 fully saturated rings. The van der Waals surface area contributed by atoms with Gasteiger partial charge in [0.2, 0.25) is 17.1 Å². The maximum atomic E-state index is 13.6. The van der Waals surface area contributed by atoms with Gasteiger partial charge in [-0.15, -0.1) is 0 Å². The van der Waals surface area contributed by atoms with Gasteiger partial charge in [-0.25, -0.2) is 9.98 Å². The van der Waals surface area contributed by atoms with E-state index in [1.54, 1.807) is 19.1 Å². The highest BCUT2D eigenvalue weighted by atomic mass is 35.5. The van der Waals surface area contributed by atoms with E-state index in [9.17, 15) is 40.3 Å². The molecule has 318 valence electrons. The Morgan fingerprint density at radius 1 is 0.770 bits per heavy atom. The number of rotatable bonds is 17. The number of unbranched alkanes of at least 4 members (excludes halogenated alkanes) is 4. The van der Waals surface area contributed by atoms with Crippen LogP contribution in [0, 0.1) is 22.8 Å². The molecule has 4 aromatic rings. The summed E-state index contributed by atoms with van der Waals surface area (Å²) in [4.78, 5) is 55.6. The Labute approximate surface area is 352 Å². The molecule has 22 heteroatoms. The fourth-order valence-electron chi connectivity index (χ4n) is 6.49. The van der Waals surface area contributed by atoms with E-state index in [1.807, 2.05) is 19.2 Å². The Hall–Kier alpha value is -6.39. The monoisotopic (exact) mass is 890 g/mol. The average Bonchev–Trinajstić information content (AvgIpc) is 3.20. The predicted molar refractivity (Wildman–Crippen MR) is 227 cm³/mol. The zero-order valence-electron chi connectivity index (χ0n) is 32.6. The Kier molecular flexibility index (Phi) is 13.4. The summed E-state index contributed by atoms with van der Waals surface area (Å²) in [5, 5.41) is 5.75. The number of hydrazine groups is 2. The zero-order chi connectivity index (χ0) is 44.1. The Bertz CT molecular complexity index is 3150. The lowest BCUT2D eigenvalue weighted by molar-refractivity contribution is -0.120. The highest BCUT2D eigenvalue weighted by Crippen LogP contribution is 2.28. The van der Waals surface area contributed by atoms with Crippen LogP contribution in [0.5, 0.6) is 0 Å². The number of nitrogens with zero attached hydrogens (tertiary/aromatic N) is 5. The van der Waals surface area contributed by atoms with Crippen LogP contribution in [-0.2, 0) is 25.0 Å². The zero-order valence-corrected chi connectivity index (χ0v) is 34.9. The number of amides is 1. The summed E-state index contributed by atoms with van der Waals surface area (Å²) in [7, 11) is -8.15. The van der Waals surface area contributed by atoms with E-state index in [0.29, 0.717) is 24.0 Å². The molecule has 0 unspecified atom stereocenters. The van der Waals surface area contributed by atoms with Gasteiger partial charge >= 0.3 is 0 Å². The molecular weight excluding hydrogens is 852 g/mol. The van der Waals surface area contributed by atoms with Crippen LogP contribution in [0.15, 0.2) is 97.2 Å². The predicted octanol–water partition coefficient (Wildman–Crippen LogP) is 3.87. The number of benzene rings is 3. The average molecular weight is 891 g/mol. The number of carbonyl (C=O) groups is 1. The molecule has 0 saturated carbocycles. The van der Waals surface area contributed by atoms with Crippen LogP contribution in [0.2, 0.25) is 5.28 Å². The highest BCUT2D eigenvalue weighted by Gasteiger charge is 2.21. The quantitative estimate of drug-likeness (QED) is 0.0389. The minimum Gasteiger partial charge on any atom is -0.375 e. The standard InChI is InChI=1S/C39H39ClN10O9S2/c1-22-42-38(40)45-39(43-22)49-48-32(51)12-6-4-3-5-9-19-50(2)25-16-13-23(14-17-25)46-47-24-15-18-28(30(20-24)60(54,55)56)44-29-21-31(61(57,58)59)35(41)34-33(29)36(52)26-10-7-8-11-27(26)37(34)53/h7-8,10-11,13-18,20-21,41,46-47H,3-6,9,12,19H2,1-2H3,(H,48,51)(H,54,55,56)(H,57,58,59)(H,42,43,45,49). The minimum atomic E-state index is -5.12. The summed E-state index contributed by atoms with van der Waals surface area (Å²) in [6, 6.07) is 17.4. The first-order chi connectivity index (χ1) is 28.9. The van der Waals surface area contributed by atoms with Crippen LogP contribution in [0.25, 0.3) is 10.8 Å². The second kappa shape index (κ2) is 18.5. The summed E-state index contributed by atoms with van der Waals surface area (Å²) >= 11 is 5.80. The summed E-state index contributed by atoms with van der Waals surface area (Å²) in [5.74, 6) is 0.405. The first-order valence-corrected chi connectivity index (χ1v) is 21.8. The Balaban J connectivity index is 1.08. The molecular formula is C39H39ClN10O9S2. The van der Waals surface area contributed by atoms with Crippen LogP contribution in [0.3, 0.4) is 0 Å². The van der Waals surface area contributed by atoms with Crippen molar-refractivity contribution in [2.24, 2.45) is 4.99 Å². The van der Waals surface area contributed by atoms with Crippen LogP contribution in [-0.4, -0.2) is 60.4 Å². The lowest BCUT2D eigenvalue weighted by Gasteiger charge is -2.20. The van der Waals surface area contributed by atoms with Crippen molar-refractivity contribution >= 4 is 77.2 Å². The third-order valence-electron chi connectivity index (χ3n) is 9.49. The Morgan fingerprint density at radius 2 is 1.38 bits per heavy atom. The van der Waals surface area contributed by atoms with Gasteiger partial charge in [-0.2, -0.15) is 26.8 Å². The van der Waals surface area contributed by atoms with Crippen LogP contribution in [0.1, 0.15) is 44.3 Å². The highest BCUT2D eigenvalue weighted by molar-refractivity contribution is 7.86. The molecule has 0 spiro atoms. The second-order valence-electron chi connectivity index (χ2n) is 13.9. The molecule has 1 heterocycles. The molecule has 2 aliphatic rings. The molecule has 0 bridgehead atoms. The number of anilines is 4. The molecule has 0 saturated heterocycles. The van der Waals surface area contributed by atoms with Gasteiger partial charge in [0.05, 0.1) is 38.2 Å². The van der Waals surface area contributed by atoms with Gasteiger partial charge in [0.25, 0.3) is 20.2 Å². The molecule has 0 radical (unpaired) electrons. The van der Waals surface area contributed by atoms with Crippen molar-refractivity contribution in [2.45, 2.75) is 55.2 Å². The van der Waals surface area contributed by atoms with Crippen LogP contribution >= 0.6 is 11.6 Å². The molecule has 61 heavy (non-hydrogen) atoms. The lowest BCUT2D eigenvalue weighted by Crippen LogP contribution is -2.32. The van der Waals surface area contributed by atoms with Gasteiger partial charge < -0.3 is 15.8 Å². The molecule has 0 atom stereocenters. The van der Waals surface area contributed by atoms with Crippen molar-refractivity contribution in [2.75, 3.05) is 34.8 Å². The van der Waals surface area contributed by atoms with Crippen molar-refractivity contribution < 1.29 is 30.7 Å². The van der Waals surface area contributed by atoms with E-state index >= 15 is 0 Å². The van der Waals surface area contributed by atoms with Gasteiger partial charge in [0.1, 0.15) is 15.6 Å². The summed E-state index contributed by atoms with van der Waals surface area (Å²) in [6.07, 6.45) is 4.84. The number of hydrogen-bond donors (Lipinski definition) is 7. The van der Waals surface area contributed by atoms with E-state index in [4.69, 9.17) is 17.0 Å². The number of aromatic nitrogens is 3. The van der Waals surface area contributed by atoms with E-state index in [-0.39, 0.29) is 33.6 Å². The molecule has 1 aromatic heterocycles. The maximum Gasteiger partial charge on any atom is 0.296 e. The Morgan fingerprint density at radius 3 is 2.03 bits per heavy atom. The van der Waals surface area contributed by atoms with Crippen molar-refractivity contribution in [3.63, 3.8) is 0 Å². The van der Waals surface area contributed by atoms with E-state index in [0.717, 1.165) is 50.4 Å². The molecule has 1 amide bonds. The molecule has 19 nitrogen and oxygen atoms in total. The first kappa shape index (κ1) is 44.2. The van der Waals surface area contributed by atoms with Gasteiger partial charge in [-0.3, -0.25) is 39.7 Å². The van der Waals surface area contributed by atoms with Crippen molar-refractivity contribution in [3.8, 4) is 0 Å². The third-order valence-corrected chi connectivity index (χ3v) is 11.4. The summed E-state index contributed by atoms with van der Waals surface area (Å²) < 4.78 is 69.8.